The Kier molecular flexibility index (Phi) is 14.7. The second kappa shape index (κ2) is 16.0. The standard InChI is InChI=1S/C18H14F12O4.C6H4F6O2/c1-8(11(31)33-13(15(19,20)21)16(22,23)24)7-10(9-5-3-2-4-6-9)12(32)34-14(17(25,26)27)18(28,29)30;1-2-3(13)14-4(5(7,8)9)6(10,11)12/h2-6,8,10,13-14H,7H2,1H3;2,4H,1H2. The highest BCUT2D eigenvalue weighted by Crippen LogP contribution is 2.39. The quantitative estimate of drug-likeness (QED) is 0.110. The lowest BCUT2D eigenvalue weighted by Crippen LogP contribution is -2.47. The van der Waals surface area contributed by atoms with Crippen LogP contribution in [0, 0.1) is 5.92 Å². The third kappa shape index (κ3) is 14.5. The molecule has 0 aromatic heterocycles. The monoisotopic (exact) mass is 744 g/mol. The first kappa shape index (κ1) is 44.1. The van der Waals surface area contributed by atoms with Crippen molar-refractivity contribution in [1.82, 2.24) is 0 Å². The zero-order valence-corrected chi connectivity index (χ0v) is 23.0. The third-order valence-corrected chi connectivity index (χ3v) is 5.13. The van der Waals surface area contributed by atoms with Gasteiger partial charge in [0.05, 0.1) is 11.8 Å². The van der Waals surface area contributed by atoms with Gasteiger partial charge in [0, 0.05) is 6.08 Å². The first-order valence-corrected chi connectivity index (χ1v) is 11.9. The molecule has 0 fully saturated rings. The first-order chi connectivity index (χ1) is 21.2. The molecule has 1 rings (SSSR count). The smallest absolute Gasteiger partial charge is 0.434 e. The van der Waals surface area contributed by atoms with Gasteiger partial charge in [-0.05, 0) is 12.0 Å². The minimum Gasteiger partial charge on any atom is -0.443 e. The molecule has 0 saturated carbocycles. The molecule has 276 valence electrons. The summed E-state index contributed by atoms with van der Waals surface area (Å²) in [5.74, 6) is -10.2. The van der Waals surface area contributed by atoms with Crippen LogP contribution in [-0.2, 0) is 28.6 Å². The number of alkyl halides is 18. The van der Waals surface area contributed by atoms with Gasteiger partial charge in [-0.1, -0.05) is 43.8 Å². The lowest BCUT2D eigenvalue weighted by molar-refractivity contribution is -0.314. The van der Waals surface area contributed by atoms with Gasteiger partial charge in [0.2, 0.25) is 0 Å². The summed E-state index contributed by atoms with van der Waals surface area (Å²) in [5, 5.41) is 0. The minimum atomic E-state index is -6.09. The molecule has 0 heterocycles. The lowest BCUT2D eigenvalue weighted by Gasteiger charge is -2.27. The maximum absolute atomic E-state index is 12.7. The molecule has 48 heavy (non-hydrogen) atoms. The molecule has 0 saturated heterocycles. The fourth-order valence-electron chi connectivity index (χ4n) is 3.06. The number of ether oxygens (including phenoxy) is 3. The van der Waals surface area contributed by atoms with Gasteiger partial charge in [-0.3, -0.25) is 9.59 Å². The second-order valence-electron chi connectivity index (χ2n) is 9.00. The van der Waals surface area contributed by atoms with Crippen LogP contribution in [0.1, 0.15) is 24.8 Å². The molecule has 0 aliphatic rings. The van der Waals surface area contributed by atoms with Gasteiger partial charge < -0.3 is 14.2 Å². The lowest BCUT2D eigenvalue weighted by atomic mass is 9.89. The number of halogens is 18. The largest absolute Gasteiger partial charge is 0.443 e. The van der Waals surface area contributed by atoms with Crippen molar-refractivity contribution in [2.75, 3.05) is 0 Å². The van der Waals surface area contributed by atoms with Crippen LogP contribution in [0.5, 0.6) is 0 Å². The summed E-state index contributed by atoms with van der Waals surface area (Å²) < 4.78 is 232. The van der Waals surface area contributed by atoms with E-state index in [-0.39, 0.29) is 11.6 Å². The second-order valence-corrected chi connectivity index (χ2v) is 9.00. The van der Waals surface area contributed by atoms with E-state index in [2.05, 4.69) is 20.8 Å². The Hall–Kier alpha value is -3.89. The van der Waals surface area contributed by atoms with Gasteiger partial charge in [0.15, 0.2) is 0 Å². The average molecular weight is 744 g/mol. The van der Waals surface area contributed by atoms with Crippen LogP contribution in [0.25, 0.3) is 0 Å². The number of rotatable bonds is 9. The van der Waals surface area contributed by atoms with Crippen LogP contribution in [0.2, 0.25) is 0 Å². The highest BCUT2D eigenvalue weighted by Gasteiger charge is 2.62. The Morgan fingerprint density at radius 1 is 0.583 bits per heavy atom. The normalized spacial score (nSPS) is 14.5. The van der Waals surface area contributed by atoms with E-state index in [1.54, 1.807) is 0 Å². The molecule has 0 N–H and O–H groups in total. The van der Waals surface area contributed by atoms with E-state index in [9.17, 15) is 93.4 Å². The van der Waals surface area contributed by atoms with Crippen molar-refractivity contribution in [1.29, 1.82) is 0 Å². The minimum absolute atomic E-state index is 0.213. The molecule has 0 spiro atoms. The van der Waals surface area contributed by atoms with Crippen LogP contribution in [0.15, 0.2) is 43.0 Å². The summed E-state index contributed by atoms with van der Waals surface area (Å²) in [4.78, 5) is 34.2. The van der Waals surface area contributed by atoms with E-state index in [4.69, 9.17) is 0 Å². The van der Waals surface area contributed by atoms with Crippen molar-refractivity contribution in [2.24, 2.45) is 5.92 Å². The molecule has 0 aliphatic carbocycles. The maximum atomic E-state index is 12.7. The van der Waals surface area contributed by atoms with Gasteiger partial charge >= 0.3 is 55.0 Å². The van der Waals surface area contributed by atoms with Crippen molar-refractivity contribution >= 4 is 17.9 Å². The van der Waals surface area contributed by atoms with Crippen molar-refractivity contribution in [3.8, 4) is 0 Å². The van der Waals surface area contributed by atoms with E-state index in [0.717, 1.165) is 12.1 Å². The predicted molar refractivity (Wildman–Crippen MR) is 119 cm³/mol. The molecule has 0 bridgehead atoms. The molecule has 0 aliphatic heterocycles. The molecule has 1 aromatic carbocycles. The van der Waals surface area contributed by atoms with Crippen LogP contribution in [0.3, 0.4) is 0 Å². The zero-order valence-electron chi connectivity index (χ0n) is 23.0. The zero-order chi connectivity index (χ0) is 38.3. The Morgan fingerprint density at radius 3 is 1.21 bits per heavy atom. The molecular weight excluding hydrogens is 726 g/mol. The Bertz CT molecular complexity index is 1170. The van der Waals surface area contributed by atoms with Crippen molar-refractivity contribution in [2.45, 2.75) is 74.6 Å². The highest BCUT2D eigenvalue weighted by molar-refractivity contribution is 5.81. The summed E-state index contributed by atoms with van der Waals surface area (Å²) in [7, 11) is 0. The van der Waals surface area contributed by atoms with E-state index in [1.807, 2.05) is 0 Å². The summed E-state index contributed by atoms with van der Waals surface area (Å²) in [6.07, 6.45) is -49.8. The predicted octanol–water partition coefficient (Wildman–Crippen LogP) is 8.08. The van der Waals surface area contributed by atoms with Crippen LogP contribution in [0.4, 0.5) is 79.0 Å². The number of hydrogen-bond donors (Lipinski definition) is 0. The van der Waals surface area contributed by atoms with Crippen molar-refractivity contribution in [3.63, 3.8) is 0 Å². The van der Waals surface area contributed by atoms with Gasteiger partial charge in [-0.25, -0.2) is 4.79 Å². The van der Waals surface area contributed by atoms with Gasteiger partial charge in [-0.15, -0.1) is 0 Å². The fourth-order valence-corrected chi connectivity index (χ4v) is 3.06. The molecule has 1 aromatic rings. The Balaban J connectivity index is 0.00000132. The number of carbonyl (C=O) groups excluding carboxylic acids is 3. The molecular formula is C24H18F18O6. The number of carbonyl (C=O) groups is 3. The summed E-state index contributed by atoms with van der Waals surface area (Å²) in [5.41, 5.74) is -0.321. The van der Waals surface area contributed by atoms with E-state index < -0.39 is 91.5 Å². The SMILES string of the molecule is C=CC(=O)OC(C(F)(F)F)C(F)(F)F.CC(CC(C(=O)OC(C(F)(F)F)C(F)(F)F)c1ccccc1)C(=O)OC(C(F)(F)F)C(F)(F)F. The molecule has 0 radical (unpaired) electrons. The number of esters is 3. The van der Waals surface area contributed by atoms with Gasteiger partial charge in [0.1, 0.15) is 0 Å². The molecule has 6 nitrogen and oxygen atoms in total. The van der Waals surface area contributed by atoms with E-state index in [0.29, 0.717) is 6.92 Å². The topological polar surface area (TPSA) is 78.9 Å². The fraction of sp³-hybridized carbons (Fsp3) is 0.542. The maximum Gasteiger partial charge on any atom is 0.434 e. The van der Waals surface area contributed by atoms with Gasteiger partial charge in [-0.2, -0.15) is 79.0 Å². The number of hydrogen-bond acceptors (Lipinski definition) is 6. The number of benzene rings is 1. The molecule has 2 unspecified atom stereocenters. The molecule has 0 amide bonds. The third-order valence-electron chi connectivity index (χ3n) is 5.13. The Morgan fingerprint density at radius 2 is 0.896 bits per heavy atom. The highest BCUT2D eigenvalue weighted by atomic mass is 19.4. The van der Waals surface area contributed by atoms with Crippen LogP contribution < -0.4 is 0 Å². The first-order valence-electron chi connectivity index (χ1n) is 11.9. The van der Waals surface area contributed by atoms with Crippen LogP contribution >= 0.6 is 0 Å². The molecule has 2 atom stereocenters. The van der Waals surface area contributed by atoms with Crippen LogP contribution in [-0.4, -0.2) is 73.3 Å². The van der Waals surface area contributed by atoms with E-state index in [1.165, 1.54) is 18.2 Å². The Labute approximate surface area is 255 Å². The van der Waals surface area contributed by atoms with Gasteiger partial charge in [0.25, 0.3) is 18.3 Å². The van der Waals surface area contributed by atoms with E-state index >= 15 is 0 Å². The molecule has 24 heteroatoms. The summed E-state index contributed by atoms with van der Waals surface area (Å²) >= 11 is 0. The summed E-state index contributed by atoms with van der Waals surface area (Å²) in [6, 6.07) is 5.68. The average Bonchev–Trinajstić information content (AvgIpc) is 2.88. The van der Waals surface area contributed by atoms with Crippen molar-refractivity contribution < 1.29 is 108 Å². The van der Waals surface area contributed by atoms with Crippen molar-refractivity contribution in [3.05, 3.63) is 48.6 Å². The summed E-state index contributed by atoms with van der Waals surface area (Å²) in [6.45, 7) is 3.34.